The van der Waals surface area contributed by atoms with Crippen LogP contribution in [0.15, 0.2) is 18.2 Å². The number of rotatable bonds is 3. The maximum Gasteiger partial charge on any atom is 0.0919 e. The van der Waals surface area contributed by atoms with Gasteiger partial charge < -0.3 is 5.11 Å². The summed E-state index contributed by atoms with van der Waals surface area (Å²) in [5.74, 6) is 0. The van der Waals surface area contributed by atoms with E-state index in [1.807, 2.05) is 0 Å². The summed E-state index contributed by atoms with van der Waals surface area (Å²) in [6.07, 6.45) is -0.394. The van der Waals surface area contributed by atoms with Crippen LogP contribution in [0.4, 0.5) is 0 Å². The van der Waals surface area contributed by atoms with E-state index in [2.05, 4.69) is 62.7 Å². The Morgan fingerprint density at radius 2 is 1.95 bits per heavy atom. The molecule has 1 N–H and O–H groups in total. The molecule has 1 aliphatic heterocycles. The normalized spacial score (nSPS) is 21.9. The third kappa shape index (κ3) is 3.40. The Morgan fingerprint density at radius 3 is 2.55 bits per heavy atom. The number of aliphatic hydroxyl groups excluding tert-OH is 1. The van der Waals surface area contributed by atoms with E-state index < -0.39 is 6.10 Å². The van der Waals surface area contributed by atoms with E-state index in [1.165, 1.54) is 11.1 Å². The SMILES string of the molecule is Cc1ccc(C(O)CN2CCN(C)C(C)(C)C2)c(C)c1. The zero-order valence-corrected chi connectivity index (χ0v) is 13.5. The molecule has 20 heavy (non-hydrogen) atoms. The fourth-order valence-corrected chi connectivity index (χ4v) is 3.04. The summed E-state index contributed by atoms with van der Waals surface area (Å²) in [7, 11) is 2.18. The highest BCUT2D eigenvalue weighted by Gasteiger charge is 2.31. The van der Waals surface area contributed by atoms with E-state index in [1.54, 1.807) is 0 Å². The molecular weight excluding hydrogens is 248 g/mol. The van der Waals surface area contributed by atoms with Gasteiger partial charge in [-0.25, -0.2) is 0 Å². The predicted octanol–water partition coefficient (Wildman–Crippen LogP) is 2.36. The van der Waals surface area contributed by atoms with Crippen molar-refractivity contribution in [2.75, 3.05) is 33.2 Å². The van der Waals surface area contributed by atoms with Crippen molar-refractivity contribution in [1.82, 2.24) is 9.80 Å². The van der Waals surface area contributed by atoms with Crippen molar-refractivity contribution in [3.8, 4) is 0 Å². The van der Waals surface area contributed by atoms with Gasteiger partial charge in [0, 0.05) is 31.7 Å². The number of aryl methyl sites for hydroxylation is 2. The van der Waals surface area contributed by atoms with Crippen molar-refractivity contribution >= 4 is 0 Å². The predicted molar refractivity (Wildman–Crippen MR) is 84.0 cm³/mol. The smallest absolute Gasteiger partial charge is 0.0919 e. The van der Waals surface area contributed by atoms with Gasteiger partial charge in [0.1, 0.15) is 0 Å². The number of benzene rings is 1. The van der Waals surface area contributed by atoms with Gasteiger partial charge in [-0.15, -0.1) is 0 Å². The van der Waals surface area contributed by atoms with Gasteiger partial charge in [-0.1, -0.05) is 23.8 Å². The number of likely N-dealkylation sites (N-methyl/N-ethyl adjacent to an activating group) is 1. The van der Waals surface area contributed by atoms with E-state index in [0.717, 1.165) is 31.7 Å². The molecule has 3 nitrogen and oxygen atoms in total. The topological polar surface area (TPSA) is 26.7 Å². The molecular formula is C17H28N2O. The molecule has 1 aliphatic rings. The molecule has 3 heteroatoms. The van der Waals surface area contributed by atoms with Crippen LogP contribution in [0.25, 0.3) is 0 Å². The number of hydrogen-bond acceptors (Lipinski definition) is 3. The average Bonchev–Trinajstić information content (AvgIpc) is 2.33. The monoisotopic (exact) mass is 276 g/mol. The Bertz CT molecular complexity index is 470. The summed E-state index contributed by atoms with van der Waals surface area (Å²) in [6.45, 7) is 12.5. The van der Waals surface area contributed by atoms with Gasteiger partial charge in [0.05, 0.1) is 6.10 Å². The minimum atomic E-state index is -0.394. The first kappa shape index (κ1) is 15.5. The molecule has 0 bridgehead atoms. The molecule has 0 amide bonds. The van der Waals surface area contributed by atoms with Gasteiger partial charge in [0.15, 0.2) is 0 Å². The lowest BCUT2D eigenvalue weighted by atomic mass is 9.97. The minimum absolute atomic E-state index is 0.181. The van der Waals surface area contributed by atoms with Crippen LogP contribution in [0.3, 0.4) is 0 Å². The Hall–Kier alpha value is -0.900. The fourth-order valence-electron chi connectivity index (χ4n) is 3.04. The molecule has 0 saturated carbocycles. The maximum atomic E-state index is 10.5. The van der Waals surface area contributed by atoms with Crippen molar-refractivity contribution in [3.63, 3.8) is 0 Å². The second-order valence-corrected chi connectivity index (χ2v) is 6.84. The first-order chi connectivity index (χ1) is 9.29. The molecule has 1 fully saturated rings. The number of nitrogens with zero attached hydrogens (tertiary/aromatic N) is 2. The van der Waals surface area contributed by atoms with E-state index in [-0.39, 0.29) is 5.54 Å². The molecule has 0 aromatic heterocycles. The van der Waals surface area contributed by atoms with E-state index in [9.17, 15) is 5.11 Å². The van der Waals surface area contributed by atoms with Gasteiger partial charge >= 0.3 is 0 Å². The lowest BCUT2D eigenvalue weighted by Crippen LogP contribution is -2.58. The van der Waals surface area contributed by atoms with Gasteiger partial charge in [0.25, 0.3) is 0 Å². The molecule has 1 aromatic carbocycles. The quantitative estimate of drug-likeness (QED) is 0.918. The van der Waals surface area contributed by atoms with Gasteiger partial charge in [0.2, 0.25) is 0 Å². The summed E-state index contributed by atoms with van der Waals surface area (Å²) < 4.78 is 0. The van der Waals surface area contributed by atoms with Crippen LogP contribution in [-0.4, -0.2) is 53.7 Å². The van der Waals surface area contributed by atoms with Crippen molar-refractivity contribution in [1.29, 1.82) is 0 Å². The van der Waals surface area contributed by atoms with Gasteiger partial charge in [-0.3, -0.25) is 9.80 Å². The largest absolute Gasteiger partial charge is 0.387 e. The zero-order valence-electron chi connectivity index (χ0n) is 13.5. The van der Waals surface area contributed by atoms with Crippen molar-refractivity contribution < 1.29 is 5.11 Å². The Kier molecular flexibility index (Phi) is 4.52. The first-order valence-electron chi connectivity index (χ1n) is 7.48. The minimum Gasteiger partial charge on any atom is -0.387 e. The Labute approximate surface area is 123 Å². The highest BCUT2D eigenvalue weighted by Crippen LogP contribution is 2.23. The lowest BCUT2D eigenvalue weighted by molar-refractivity contribution is 0.0141. The zero-order chi connectivity index (χ0) is 14.9. The van der Waals surface area contributed by atoms with Crippen molar-refractivity contribution in [2.24, 2.45) is 0 Å². The third-order valence-corrected chi connectivity index (χ3v) is 4.61. The van der Waals surface area contributed by atoms with Crippen LogP contribution < -0.4 is 0 Å². The maximum absolute atomic E-state index is 10.5. The van der Waals surface area contributed by atoms with Gasteiger partial charge in [-0.05, 0) is 45.9 Å². The second-order valence-electron chi connectivity index (χ2n) is 6.84. The third-order valence-electron chi connectivity index (χ3n) is 4.61. The number of β-amino-alcohol motifs (C(OH)–C–C–N with tert-alkyl or cyclic N) is 1. The number of hydrogen-bond donors (Lipinski definition) is 1. The van der Waals surface area contributed by atoms with Crippen LogP contribution in [0.1, 0.15) is 36.6 Å². The molecule has 1 atom stereocenters. The van der Waals surface area contributed by atoms with Crippen LogP contribution in [-0.2, 0) is 0 Å². The van der Waals surface area contributed by atoms with Crippen LogP contribution in [0, 0.1) is 13.8 Å². The molecule has 1 heterocycles. The molecule has 2 rings (SSSR count). The standard InChI is InChI=1S/C17H28N2O/c1-13-6-7-15(14(2)10-13)16(20)11-19-9-8-18(5)17(3,4)12-19/h6-7,10,16,20H,8-9,11-12H2,1-5H3. The molecule has 0 aliphatic carbocycles. The second kappa shape index (κ2) is 5.84. The molecule has 1 aromatic rings. The molecule has 112 valence electrons. The summed E-state index contributed by atoms with van der Waals surface area (Å²) in [5.41, 5.74) is 3.68. The van der Waals surface area contributed by atoms with Crippen LogP contribution in [0.5, 0.6) is 0 Å². The fraction of sp³-hybridized carbons (Fsp3) is 0.647. The summed E-state index contributed by atoms with van der Waals surface area (Å²) in [5, 5.41) is 10.5. The average molecular weight is 276 g/mol. The van der Waals surface area contributed by atoms with Crippen molar-refractivity contribution in [3.05, 3.63) is 34.9 Å². The molecule has 1 saturated heterocycles. The molecule has 0 spiro atoms. The first-order valence-corrected chi connectivity index (χ1v) is 7.48. The summed E-state index contributed by atoms with van der Waals surface area (Å²) in [4.78, 5) is 4.77. The highest BCUT2D eigenvalue weighted by molar-refractivity contribution is 5.32. The highest BCUT2D eigenvalue weighted by atomic mass is 16.3. The number of aliphatic hydroxyl groups is 1. The number of piperazine rings is 1. The van der Waals surface area contributed by atoms with E-state index >= 15 is 0 Å². The molecule has 0 radical (unpaired) electrons. The van der Waals surface area contributed by atoms with Crippen LogP contribution >= 0.6 is 0 Å². The van der Waals surface area contributed by atoms with E-state index in [4.69, 9.17) is 0 Å². The van der Waals surface area contributed by atoms with Crippen molar-refractivity contribution in [2.45, 2.75) is 39.3 Å². The lowest BCUT2D eigenvalue weighted by Gasteiger charge is -2.45. The summed E-state index contributed by atoms with van der Waals surface area (Å²) in [6, 6.07) is 6.29. The Balaban J connectivity index is 2.03. The molecule has 1 unspecified atom stereocenters. The summed E-state index contributed by atoms with van der Waals surface area (Å²) >= 11 is 0. The van der Waals surface area contributed by atoms with Gasteiger partial charge in [-0.2, -0.15) is 0 Å². The van der Waals surface area contributed by atoms with Crippen LogP contribution in [0.2, 0.25) is 0 Å². The Morgan fingerprint density at radius 1 is 1.25 bits per heavy atom. The van der Waals surface area contributed by atoms with E-state index in [0.29, 0.717) is 0 Å².